The highest BCUT2D eigenvalue weighted by Crippen LogP contribution is 2.15. The van der Waals surface area contributed by atoms with Gasteiger partial charge in [-0.1, -0.05) is 30.3 Å². The maximum absolute atomic E-state index is 5.53. The molecule has 0 saturated carbocycles. The Hall–Kier alpha value is -2.00. The van der Waals surface area contributed by atoms with E-state index in [1.807, 2.05) is 24.3 Å². The summed E-state index contributed by atoms with van der Waals surface area (Å²) in [6.07, 6.45) is 2.22. The second kappa shape index (κ2) is 9.03. The maximum Gasteiger partial charge on any atom is 0.119 e. The van der Waals surface area contributed by atoms with E-state index in [1.165, 1.54) is 5.56 Å². The van der Waals surface area contributed by atoms with E-state index in [-0.39, 0.29) is 0 Å². The quantitative estimate of drug-likeness (QED) is 0.712. The second-order valence-electron chi connectivity index (χ2n) is 4.88. The molecule has 0 aliphatic rings. The molecule has 2 aromatic rings. The number of methoxy groups -OCH3 is 1. The van der Waals surface area contributed by atoms with Gasteiger partial charge >= 0.3 is 0 Å². The van der Waals surface area contributed by atoms with Gasteiger partial charge in [-0.15, -0.1) is 0 Å². The molecular weight excluding hydrogens is 262 g/mol. The Bertz CT molecular complexity index is 496. The van der Waals surface area contributed by atoms with Gasteiger partial charge in [0, 0.05) is 19.3 Å². The molecule has 0 fully saturated rings. The Balaban J connectivity index is 1.66. The molecule has 0 radical (unpaired) electrons. The standard InChI is InChI=1S/C18H23NO2/c1-20-14-15-21-18-11-9-17(10-12-18)19-13-5-8-16-6-3-2-4-7-16/h2-4,6-7,9-12,19H,5,8,13-15H2,1H3. The van der Waals surface area contributed by atoms with Gasteiger partial charge in [0.15, 0.2) is 0 Å². The van der Waals surface area contributed by atoms with E-state index in [1.54, 1.807) is 7.11 Å². The first-order chi connectivity index (χ1) is 10.4. The van der Waals surface area contributed by atoms with Gasteiger partial charge in [-0.05, 0) is 42.7 Å². The van der Waals surface area contributed by atoms with Crippen LogP contribution >= 0.6 is 0 Å². The van der Waals surface area contributed by atoms with Crippen LogP contribution in [0.3, 0.4) is 0 Å². The summed E-state index contributed by atoms with van der Waals surface area (Å²) < 4.78 is 10.5. The number of anilines is 1. The van der Waals surface area contributed by atoms with Gasteiger partial charge in [-0.25, -0.2) is 0 Å². The zero-order valence-electron chi connectivity index (χ0n) is 12.5. The van der Waals surface area contributed by atoms with Crippen LogP contribution in [0.1, 0.15) is 12.0 Å². The van der Waals surface area contributed by atoms with Gasteiger partial charge in [-0.3, -0.25) is 0 Å². The molecule has 1 N–H and O–H groups in total. The summed E-state index contributed by atoms with van der Waals surface area (Å²) in [6, 6.07) is 18.6. The lowest BCUT2D eigenvalue weighted by atomic mass is 10.1. The average Bonchev–Trinajstić information content (AvgIpc) is 2.54. The topological polar surface area (TPSA) is 30.5 Å². The molecule has 2 aromatic carbocycles. The summed E-state index contributed by atoms with van der Waals surface area (Å²) in [7, 11) is 1.67. The molecule has 21 heavy (non-hydrogen) atoms. The molecule has 0 aliphatic heterocycles. The van der Waals surface area contributed by atoms with Gasteiger partial charge in [0.05, 0.1) is 6.61 Å². The predicted octanol–water partition coefficient (Wildman–Crippen LogP) is 3.76. The van der Waals surface area contributed by atoms with E-state index in [9.17, 15) is 0 Å². The summed E-state index contributed by atoms with van der Waals surface area (Å²) in [4.78, 5) is 0. The number of benzene rings is 2. The molecule has 112 valence electrons. The van der Waals surface area contributed by atoms with E-state index in [4.69, 9.17) is 9.47 Å². The third-order valence-corrected chi connectivity index (χ3v) is 3.22. The largest absolute Gasteiger partial charge is 0.491 e. The normalized spacial score (nSPS) is 10.3. The van der Waals surface area contributed by atoms with Crippen molar-refractivity contribution in [2.24, 2.45) is 0 Å². The number of hydrogen-bond acceptors (Lipinski definition) is 3. The van der Waals surface area contributed by atoms with Crippen molar-refractivity contribution in [2.45, 2.75) is 12.8 Å². The number of hydrogen-bond donors (Lipinski definition) is 1. The molecule has 0 unspecified atom stereocenters. The zero-order chi connectivity index (χ0) is 14.8. The Morgan fingerprint density at radius 1 is 0.905 bits per heavy atom. The van der Waals surface area contributed by atoms with Crippen LogP contribution in [-0.4, -0.2) is 26.9 Å². The van der Waals surface area contributed by atoms with Crippen molar-refractivity contribution in [3.8, 4) is 5.75 Å². The lowest BCUT2D eigenvalue weighted by molar-refractivity contribution is 0.146. The molecule has 3 nitrogen and oxygen atoms in total. The number of aryl methyl sites for hydroxylation is 1. The molecule has 0 heterocycles. The van der Waals surface area contributed by atoms with E-state index in [0.29, 0.717) is 13.2 Å². The highest BCUT2D eigenvalue weighted by molar-refractivity contribution is 5.46. The van der Waals surface area contributed by atoms with Crippen molar-refractivity contribution < 1.29 is 9.47 Å². The molecule has 0 bridgehead atoms. The lowest BCUT2D eigenvalue weighted by Gasteiger charge is -2.09. The fourth-order valence-corrected chi connectivity index (χ4v) is 2.08. The van der Waals surface area contributed by atoms with Crippen molar-refractivity contribution in [1.29, 1.82) is 0 Å². The summed E-state index contributed by atoms with van der Waals surface area (Å²) in [5.41, 5.74) is 2.52. The molecule has 0 spiro atoms. The Kier molecular flexibility index (Phi) is 6.62. The van der Waals surface area contributed by atoms with Crippen LogP contribution in [0.25, 0.3) is 0 Å². The third-order valence-electron chi connectivity index (χ3n) is 3.22. The molecule has 0 atom stereocenters. The molecular formula is C18H23NO2. The molecule has 0 aromatic heterocycles. The van der Waals surface area contributed by atoms with Crippen molar-refractivity contribution >= 4 is 5.69 Å². The van der Waals surface area contributed by atoms with Crippen LogP contribution in [0.2, 0.25) is 0 Å². The van der Waals surface area contributed by atoms with Crippen molar-refractivity contribution in [1.82, 2.24) is 0 Å². The number of ether oxygens (including phenoxy) is 2. The van der Waals surface area contributed by atoms with Gasteiger partial charge in [0.1, 0.15) is 12.4 Å². The van der Waals surface area contributed by atoms with Crippen LogP contribution in [0.15, 0.2) is 54.6 Å². The van der Waals surface area contributed by atoms with E-state index >= 15 is 0 Å². The zero-order valence-corrected chi connectivity index (χ0v) is 12.5. The second-order valence-corrected chi connectivity index (χ2v) is 4.88. The van der Waals surface area contributed by atoms with Crippen molar-refractivity contribution in [2.75, 3.05) is 32.2 Å². The van der Waals surface area contributed by atoms with Gasteiger partial charge in [0.2, 0.25) is 0 Å². The summed E-state index contributed by atoms with van der Waals surface area (Å²) >= 11 is 0. The van der Waals surface area contributed by atoms with Crippen LogP contribution in [0.5, 0.6) is 5.75 Å². The first-order valence-corrected chi connectivity index (χ1v) is 7.38. The fraction of sp³-hybridized carbons (Fsp3) is 0.333. The minimum absolute atomic E-state index is 0.584. The molecule has 3 heteroatoms. The highest BCUT2D eigenvalue weighted by atomic mass is 16.5. The minimum Gasteiger partial charge on any atom is -0.491 e. The van der Waals surface area contributed by atoms with Crippen molar-refractivity contribution in [3.63, 3.8) is 0 Å². The van der Waals surface area contributed by atoms with Gasteiger partial charge in [0.25, 0.3) is 0 Å². The Labute approximate surface area is 126 Å². The molecule has 0 saturated heterocycles. The van der Waals surface area contributed by atoms with Crippen molar-refractivity contribution in [3.05, 3.63) is 60.2 Å². The van der Waals surface area contributed by atoms with Crippen LogP contribution in [-0.2, 0) is 11.2 Å². The SMILES string of the molecule is COCCOc1ccc(NCCCc2ccccc2)cc1. The Morgan fingerprint density at radius 2 is 1.67 bits per heavy atom. The predicted molar refractivity (Wildman–Crippen MR) is 87.1 cm³/mol. The highest BCUT2D eigenvalue weighted by Gasteiger charge is 1.96. The molecule has 0 aliphatic carbocycles. The number of rotatable bonds is 9. The first kappa shape index (κ1) is 15.4. The van der Waals surface area contributed by atoms with E-state index < -0.39 is 0 Å². The summed E-state index contributed by atoms with van der Waals surface area (Å²) in [5, 5.41) is 3.43. The maximum atomic E-state index is 5.53. The summed E-state index contributed by atoms with van der Waals surface area (Å²) in [5.74, 6) is 0.877. The smallest absolute Gasteiger partial charge is 0.119 e. The number of nitrogens with one attached hydrogen (secondary N) is 1. The molecule has 2 rings (SSSR count). The first-order valence-electron chi connectivity index (χ1n) is 7.38. The van der Waals surface area contributed by atoms with Crippen LogP contribution in [0.4, 0.5) is 5.69 Å². The monoisotopic (exact) mass is 285 g/mol. The summed E-state index contributed by atoms with van der Waals surface area (Å²) in [6.45, 7) is 2.17. The Morgan fingerprint density at radius 3 is 2.38 bits per heavy atom. The fourth-order valence-electron chi connectivity index (χ4n) is 2.08. The molecule has 0 amide bonds. The van der Waals surface area contributed by atoms with Gasteiger partial charge in [-0.2, -0.15) is 0 Å². The lowest BCUT2D eigenvalue weighted by Crippen LogP contribution is -2.05. The minimum atomic E-state index is 0.584. The van der Waals surface area contributed by atoms with Crippen LogP contribution in [0, 0.1) is 0 Å². The average molecular weight is 285 g/mol. The van der Waals surface area contributed by atoms with Crippen LogP contribution < -0.4 is 10.1 Å². The van der Waals surface area contributed by atoms with E-state index in [0.717, 1.165) is 30.8 Å². The third kappa shape index (κ3) is 5.88. The van der Waals surface area contributed by atoms with Gasteiger partial charge < -0.3 is 14.8 Å². The van der Waals surface area contributed by atoms with E-state index in [2.05, 4.69) is 35.6 Å².